The summed E-state index contributed by atoms with van der Waals surface area (Å²) in [6, 6.07) is 10.8. The molecule has 0 aliphatic carbocycles. The first-order chi connectivity index (χ1) is 14.4. The van der Waals surface area contributed by atoms with Crippen LogP contribution < -0.4 is 10.1 Å². The van der Waals surface area contributed by atoms with E-state index in [1.807, 2.05) is 6.92 Å². The Hall–Kier alpha value is -3.75. The van der Waals surface area contributed by atoms with Gasteiger partial charge < -0.3 is 10.1 Å². The standard InChI is InChI=1S/C21H21N3O6/c1-2-12-30-14-9-10-17(18(13-14)24(28)29)22-19(25)8-5-11-23-20(26)15-6-3-4-7-16(15)21(23)27/h3-4,6-7,9-10,13H,2,5,8,11-12H2,1H3,(H,22,25). The number of benzene rings is 2. The molecule has 0 spiro atoms. The maximum absolute atomic E-state index is 12.3. The molecule has 3 rings (SSSR count). The van der Waals surface area contributed by atoms with Gasteiger partial charge >= 0.3 is 0 Å². The van der Waals surface area contributed by atoms with Gasteiger partial charge in [-0.05, 0) is 37.1 Å². The molecule has 0 bridgehead atoms. The van der Waals surface area contributed by atoms with E-state index in [-0.39, 0.29) is 42.6 Å². The molecule has 1 N–H and O–H groups in total. The smallest absolute Gasteiger partial charge is 0.296 e. The van der Waals surface area contributed by atoms with Gasteiger partial charge in [-0.25, -0.2) is 0 Å². The largest absolute Gasteiger partial charge is 0.493 e. The van der Waals surface area contributed by atoms with Crippen LogP contribution in [-0.2, 0) is 4.79 Å². The maximum atomic E-state index is 12.3. The van der Waals surface area contributed by atoms with Crippen molar-refractivity contribution in [1.82, 2.24) is 4.90 Å². The van der Waals surface area contributed by atoms with Crippen LogP contribution in [0.1, 0.15) is 46.9 Å². The zero-order valence-electron chi connectivity index (χ0n) is 16.4. The molecular formula is C21H21N3O6. The van der Waals surface area contributed by atoms with E-state index in [0.29, 0.717) is 23.5 Å². The Bertz CT molecular complexity index is 969. The molecule has 2 aromatic rings. The van der Waals surface area contributed by atoms with Crippen molar-refractivity contribution in [3.63, 3.8) is 0 Å². The minimum absolute atomic E-state index is 0.00134. The number of nitro benzene ring substituents is 1. The van der Waals surface area contributed by atoms with Crippen LogP contribution in [0.4, 0.5) is 11.4 Å². The number of amides is 3. The highest BCUT2D eigenvalue weighted by molar-refractivity contribution is 6.21. The van der Waals surface area contributed by atoms with E-state index in [4.69, 9.17) is 4.74 Å². The SMILES string of the molecule is CCCOc1ccc(NC(=O)CCCN2C(=O)c3ccccc3C2=O)c([N+](=O)[O-])c1. The highest BCUT2D eigenvalue weighted by Crippen LogP contribution is 2.29. The summed E-state index contributed by atoms with van der Waals surface area (Å²) >= 11 is 0. The molecular weight excluding hydrogens is 390 g/mol. The van der Waals surface area contributed by atoms with Crippen LogP contribution >= 0.6 is 0 Å². The molecule has 0 saturated heterocycles. The highest BCUT2D eigenvalue weighted by Gasteiger charge is 2.34. The van der Waals surface area contributed by atoms with Crippen LogP contribution in [0.25, 0.3) is 0 Å². The number of ether oxygens (including phenoxy) is 1. The Labute approximate surface area is 172 Å². The van der Waals surface area contributed by atoms with Gasteiger partial charge in [0.05, 0.1) is 28.7 Å². The Morgan fingerprint density at radius 2 is 1.80 bits per heavy atom. The van der Waals surface area contributed by atoms with Crippen molar-refractivity contribution in [3.05, 3.63) is 63.7 Å². The quantitative estimate of drug-likeness (QED) is 0.384. The fourth-order valence-electron chi connectivity index (χ4n) is 3.13. The van der Waals surface area contributed by atoms with Crippen molar-refractivity contribution >= 4 is 29.1 Å². The summed E-state index contributed by atoms with van der Waals surface area (Å²) in [5.74, 6) is -0.854. The number of nitrogens with one attached hydrogen (secondary N) is 1. The Morgan fingerprint density at radius 3 is 2.40 bits per heavy atom. The summed E-state index contributed by atoms with van der Waals surface area (Å²) in [5.41, 5.74) is 0.507. The first kappa shape index (κ1) is 21.0. The second-order valence-electron chi connectivity index (χ2n) is 6.74. The molecule has 9 heteroatoms. The third-order valence-corrected chi connectivity index (χ3v) is 4.58. The number of anilines is 1. The summed E-state index contributed by atoms with van der Waals surface area (Å²) in [7, 11) is 0. The van der Waals surface area contributed by atoms with Crippen molar-refractivity contribution < 1.29 is 24.0 Å². The first-order valence-corrected chi connectivity index (χ1v) is 9.58. The molecule has 1 aliphatic rings. The average Bonchev–Trinajstić information content (AvgIpc) is 2.98. The lowest BCUT2D eigenvalue weighted by Crippen LogP contribution is -2.31. The normalized spacial score (nSPS) is 12.6. The predicted octanol–water partition coefficient (Wildman–Crippen LogP) is 3.40. The molecule has 1 heterocycles. The molecule has 9 nitrogen and oxygen atoms in total. The average molecular weight is 411 g/mol. The molecule has 156 valence electrons. The van der Waals surface area contributed by atoms with Crippen LogP contribution in [0.2, 0.25) is 0 Å². The van der Waals surface area contributed by atoms with Crippen LogP contribution in [0, 0.1) is 10.1 Å². The second-order valence-corrected chi connectivity index (χ2v) is 6.74. The third kappa shape index (κ3) is 4.45. The van der Waals surface area contributed by atoms with Gasteiger partial charge in [-0.1, -0.05) is 19.1 Å². The highest BCUT2D eigenvalue weighted by atomic mass is 16.6. The van der Waals surface area contributed by atoms with Crippen molar-refractivity contribution in [2.24, 2.45) is 0 Å². The molecule has 30 heavy (non-hydrogen) atoms. The lowest BCUT2D eigenvalue weighted by Gasteiger charge is -2.13. The lowest BCUT2D eigenvalue weighted by molar-refractivity contribution is -0.384. The van der Waals surface area contributed by atoms with Gasteiger partial charge in [-0.3, -0.25) is 29.4 Å². The third-order valence-electron chi connectivity index (χ3n) is 4.58. The molecule has 0 saturated carbocycles. The van der Waals surface area contributed by atoms with Gasteiger partial charge in [-0.2, -0.15) is 0 Å². The van der Waals surface area contributed by atoms with Gasteiger partial charge in [0.2, 0.25) is 5.91 Å². The van der Waals surface area contributed by atoms with Crippen molar-refractivity contribution in [2.75, 3.05) is 18.5 Å². The monoisotopic (exact) mass is 411 g/mol. The number of rotatable bonds is 9. The van der Waals surface area contributed by atoms with Crippen molar-refractivity contribution in [3.8, 4) is 5.75 Å². The van der Waals surface area contributed by atoms with Crippen molar-refractivity contribution in [2.45, 2.75) is 26.2 Å². The number of imide groups is 1. The van der Waals surface area contributed by atoms with E-state index in [1.54, 1.807) is 30.3 Å². The Morgan fingerprint density at radius 1 is 1.13 bits per heavy atom. The van der Waals surface area contributed by atoms with E-state index in [1.165, 1.54) is 12.1 Å². The van der Waals surface area contributed by atoms with Crippen LogP contribution in [0.5, 0.6) is 5.75 Å². The Kier molecular flexibility index (Phi) is 6.41. The summed E-state index contributed by atoms with van der Waals surface area (Å²) in [6.07, 6.45) is 1.00. The molecule has 0 unspecified atom stereocenters. The predicted molar refractivity (Wildman–Crippen MR) is 109 cm³/mol. The molecule has 1 aliphatic heterocycles. The second kappa shape index (κ2) is 9.17. The fraction of sp³-hybridized carbons (Fsp3) is 0.286. The number of carbonyl (C=O) groups excluding carboxylic acids is 3. The number of carbonyl (C=O) groups is 3. The van der Waals surface area contributed by atoms with E-state index < -0.39 is 10.8 Å². The topological polar surface area (TPSA) is 119 Å². The van der Waals surface area contributed by atoms with Crippen LogP contribution in [0.15, 0.2) is 42.5 Å². The Balaban J connectivity index is 1.57. The molecule has 0 atom stereocenters. The van der Waals surface area contributed by atoms with Crippen molar-refractivity contribution in [1.29, 1.82) is 0 Å². The number of hydrogen-bond acceptors (Lipinski definition) is 6. The van der Waals surface area contributed by atoms with Gasteiger partial charge in [0.25, 0.3) is 17.5 Å². The van der Waals surface area contributed by atoms with Gasteiger partial charge in [0, 0.05) is 13.0 Å². The molecule has 0 fully saturated rings. The summed E-state index contributed by atoms with van der Waals surface area (Å²) in [5, 5.41) is 13.8. The number of nitro groups is 1. The molecule has 0 radical (unpaired) electrons. The zero-order valence-corrected chi connectivity index (χ0v) is 16.4. The first-order valence-electron chi connectivity index (χ1n) is 9.58. The van der Waals surface area contributed by atoms with E-state index in [2.05, 4.69) is 5.32 Å². The van der Waals surface area contributed by atoms with E-state index >= 15 is 0 Å². The fourth-order valence-corrected chi connectivity index (χ4v) is 3.13. The summed E-state index contributed by atoms with van der Waals surface area (Å²) in [6.45, 7) is 2.44. The lowest BCUT2D eigenvalue weighted by atomic mass is 10.1. The van der Waals surface area contributed by atoms with Gasteiger partial charge in [-0.15, -0.1) is 0 Å². The van der Waals surface area contributed by atoms with Gasteiger partial charge in [0.15, 0.2) is 0 Å². The maximum Gasteiger partial charge on any atom is 0.296 e. The van der Waals surface area contributed by atoms with E-state index in [9.17, 15) is 24.5 Å². The zero-order chi connectivity index (χ0) is 21.7. The van der Waals surface area contributed by atoms with E-state index in [0.717, 1.165) is 11.3 Å². The minimum atomic E-state index is -0.590. The number of nitrogens with zero attached hydrogens (tertiary/aromatic N) is 2. The molecule has 0 aromatic heterocycles. The van der Waals surface area contributed by atoms with Crippen LogP contribution in [-0.4, -0.2) is 40.7 Å². The molecule has 2 aromatic carbocycles. The van der Waals surface area contributed by atoms with Crippen LogP contribution in [0.3, 0.4) is 0 Å². The molecule has 3 amide bonds. The number of fused-ring (bicyclic) bond motifs is 1. The number of hydrogen-bond donors (Lipinski definition) is 1. The minimum Gasteiger partial charge on any atom is -0.493 e. The summed E-state index contributed by atoms with van der Waals surface area (Å²) in [4.78, 5) is 48.7. The summed E-state index contributed by atoms with van der Waals surface area (Å²) < 4.78 is 5.39. The van der Waals surface area contributed by atoms with Gasteiger partial charge in [0.1, 0.15) is 11.4 Å².